The summed E-state index contributed by atoms with van der Waals surface area (Å²) >= 11 is 0. The van der Waals surface area contributed by atoms with Crippen LogP contribution in [-0.2, 0) is 9.53 Å². The molecular formula is C19H24N2O3. The Kier molecular flexibility index (Phi) is 6.75. The molecule has 128 valence electrons. The van der Waals surface area contributed by atoms with Gasteiger partial charge in [-0.1, -0.05) is 18.2 Å². The molecule has 5 nitrogen and oxygen atoms in total. The van der Waals surface area contributed by atoms with E-state index >= 15 is 0 Å². The van der Waals surface area contributed by atoms with Gasteiger partial charge in [-0.2, -0.15) is 0 Å². The molecule has 0 unspecified atom stereocenters. The molecule has 2 rings (SSSR count). The third-order valence-corrected chi connectivity index (χ3v) is 3.79. The number of methoxy groups -OCH3 is 1. The molecule has 0 bridgehead atoms. The van der Waals surface area contributed by atoms with Crippen molar-refractivity contribution >= 4 is 5.97 Å². The highest BCUT2D eigenvalue weighted by molar-refractivity contribution is 5.70. The molecule has 0 amide bonds. The number of aromatic nitrogens is 1. The van der Waals surface area contributed by atoms with E-state index in [0.717, 1.165) is 17.0 Å². The van der Waals surface area contributed by atoms with E-state index in [9.17, 15) is 4.79 Å². The maximum absolute atomic E-state index is 11.9. The first-order chi connectivity index (χ1) is 11.6. The number of esters is 1. The van der Waals surface area contributed by atoms with Crippen LogP contribution in [0.1, 0.15) is 43.6 Å². The molecular weight excluding hydrogens is 304 g/mol. The van der Waals surface area contributed by atoms with Crippen LogP contribution in [0.3, 0.4) is 0 Å². The Hall–Kier alpha value is -2.40. The van der Waals surface area contributed by atoms with Gasteiger partial charge in [-0.3, -0.25) is 9.78 Å². The van der Waals surface area contributed by atoms with Crippen LogP contribution in [0.5, 0.6) is 5.75 Å². The summed E-state index contributed by atoms with van der Waals surface area (Å²) in [6.45, 7) is 4.24. The van der Waals surface area contributed by atoms with Gasteiger partial charge in [0.1, 0.15) is 5.75 Å². The molecule has 0 fully saturated rings. The van der Waals surface area contributed by atoms with Crippen molar-refractivity contribution in [2.24, 2.45) is 0 Å². The molecule has 2 atom stereocenters. The van der Waals surface area contributed by atoms with E-state index in [2.05, 4.69) is 17.2 Å². The predicted octanol–water partition coefficient (Wildman–Crippen LogP) is 3.44. The highest BCUT2D eigenvalue weighted by Crippen LogP contribution is 2.23. The van der Waals surface area contributed by atoms with Gasteiger partial charge < -0.3 is 14.8 Å². The summed E-state index contributed by atoms with van der Waals surface area (Å²) in [5, 5.41) is 3.47. The number of carbonyl (C=O) groups is 1. The van der Waals surface area contributed by atoms with Gasteiger partial charge in [-0.25, -0.2) is 0 Å². The van der Waals surface area contributed by atoms with Gasteiger partial charge in [0.15, 0.2) is 0 Å². The Labute approximate surface area is 143 Å². The molecule has 1 N–H and O–H groups in total. The van der Waals surface area contributed by atoms with E-state index in [0.29, 0.717) is 6.61 Å². The smallest absolute Gasteiger partial charge is 0.307 e. The SMILES string of the molecule is CCOC(=O)C[C@H](N[C@@H](C)c1ccc(OC)cc1)c1ccccn1. The number of nitrogens with one attached hydrogen (secondary N) is 1. The minimum absolute atomic E-state index is 0.0531. The number of nitrogens with zero attached hydrogens (tertiary/aromatic N) is 1. The summed E-state index contributed by atoms with van der Waals surface area (Å²) < 4.78 is 10.3. The molecule has 0 saturated heterocycles. The number of ether oxygens (including phenoxy) is 2. The lowest BCUT2D eigenvalue weighted by atomic mass is 10.0. The van der Waals surface area contributed by atoms with Crippen LogP contribution in [0.4, 0.5) is 0 Å². The van der Waals surface area contributed by atoms with Crippen molar-refractivity contribution in [2.45, 2.75) is 32.4 Å². The van der Waals surface area contributed by atoms with E-state index in [-0.39, 0.29) is 24.5 Å². The zero-order valence-electron chi connectivity index (χ0n) is 14.4. The summed E-state index contributed by atoms with van der Waals surface area (Å²) in [5.74, 6) is 0.585. The quantitative estimate of drug-likeness (QED) is 0.752. The fraction of sp³-hybridized carbons (Fsp3) is 0.368. The lowest BCUT2D eigenvalue weighted by molar-refractivity contribution is -0.143. The summed E-state index contributed by atoms with van der Waals surface area (Å²) in [5.41, 5.74) is 1.94. The van der Waals surface area contributed by atoms with Crippen molar-refractivity contribution in [3.05, 3.63) is 59.9 Å². The zero-order chi connectivity index (χ0) is 17.4. The van der Waals surface area contributed by atoms with Crippen LogP contribution in [0.25, 0.3) is 0 Å². The van der Waals surface area contributed by atoms with Crippen LogP contribution in [-0.4, -0.2) is 24.7 Å². The monoisotopic (exact) mass is 328 g/mol. The molecule has 1 aromatic carbocycles. The van der Waals surface area contributed by atoms with E-state index in [4.69, 9.17) is 9.47 Å². The molecule has 0 radical (unpaired) electrons. The Bertz CT molecular complexity index is 629. The first-order valence-corrected chi connectivity index (χ1v) is 8.10. The zero-order valence-corrected chi connectivity index (χ0v) is 14.4. The lowest BCUT2D eigenvalue weighted by Crippen LogP contribution is -2.28. The Morgan fingerprint density at radius 3 is 2.54 bits per heavy atom. The second-order valence-corrected chi connectivity index (χ2v) is 5.48. The van der Waals surface area contributed by atoms with E-state index in [1.807, 2.05) is 42.5 Å². The maximum Gasteiger partial charge on any atom is 0.307 e. The molecule has 0 spiro atoms. The number of hydrogen-bond acceptors (Lipinski definition) is 5. The van der Waals surface area contributed by atoms with Gasteiger partial charge in [0, 0.05) is 12.2 Å². The maximum atomic E-state index is 11.9. The van der Waals surface area contributed by atoms with Crippen molar-refractivity contribution in [3.63, 3.8) is 0 Å². The minimum atomic E-state index is -0.234. The average Bonchev–Trinajstić information content (AvgIpc) is 2.62. The van der Waals surface area contributed by atoms with Gasteiger partial charge in [-0.05, 0) is 43.7 Å². The predicted molar refractivity (Wildman–Crippen MR) is 92.8 cm³/mol. The molecule has 0 saturated carbocycles. The van der Waals surface area contributed by atoms with Gasteiger partial charge in [-0.15, -0.1) is 0 Å². The van der Waals surface area contributed by atoms with Crippen molar-refractivity contribution < 1.29 is 14.3 Å². The molecule has 2 aromatic rings. The molecule has 24 heavy (non-hydrogen) atoms. The van der Waals surface area contributed by atoms with Gasteiger partial charge in [0.25, 0.3) is 0 Å². The van der Waals surface area contributed by atoms with Crippen LogP contribution >= 0.6 is 0 Å². The van der Waals surface area contributed by atoms with Crippen molar-refractivity contribution in [1.82, 2.24) is 10.3 Å². The van der Waals surface area contributed by atoms with Gasteiger partial charge >= 0.3 is 5.97 Å². The third-order valence-electron chi connectivity index (χ3n) is 3.79. The molecule has 1 aromatic heterocycles. The van der Waals surface area contributed by atoms with Crippen molar-refractivity contribution in [3.8, 4) is 5.75 Å². The van der Waals surface area contributed by atoms with Crippen molar-refractivity contribution in [2.75, 3.05) is 13.7 Å². The Balaban J connectivity index is 2.12. The first-order valence-electron chi connectivity index (χ1n) is 8.10. The van der Waals surface area contributed by atoms with Crippen LogP contribution in [0, 0.1) is 0 Å². The summed E-state index contributed by atoms with van der Waals surface area (Å²) in [6.07, 6.45) is 1.97. The summed E-state index contributed by atoms with van der Waals surface area (Å²) in [4.78, 5) is 16.3. The molecule has 5 heteroatoms. The largest absolute Gasteiger partial charge is 0.497 e. The topological polar surface area (TPSA) is 60.5 Å². The highest BCUT2D eigenvalue weighted by atomic mass is 16.5. The Morgan fingerprint density at radius 1 is 1.21 bits per heavy atom. The molecule has 1 heterocycles. The van der Waals surface area contributed by atoms with Crippen molar-refractivity contribution in [1.29, 1.82) is 0 Å². The Morgan fingerprint density at radius 2 is 1.96 bits per heavy atom. The normalized spacial score (nSPS) is 13.1. The summed E-state index contributed by atoms with van der Waals surface area (Å²) in [7, 11) is 1.65. The number of benzene rings is 1. The number of pyridine rings is 1. The third kappa shape index (κ3) is 5.06. The lowest BCUT2D eigenvalue weighted by Gasteiger charge is -2.23. The second-order valence-electron chi connectivity index (χ2n) is 5.48. The summed E-state index contributed by atoms with van der Waals surface area (Å²) in [6, 6.07) is 13.4. The molecule has 0 aliphatic heterocycles. The van der Waals surface area contributed by atoms with E-state index < -0.39 is 0 Å². The first kappa shape index (κ1) is 17.9. The van der Waals surface area contributed by atoms with Crippen LogP contribution in [0.15, 0.2) is 48.7 Å². The standard InChI is InChI=1S/C19H24N2O3/c1-4-24-19(22)13-18(17-7-5-6-12-20-17)21-14(2)15-8-10-16(23-3)11-9-15/h5-12,14,18,21H,4,13H2,1-3H3/t14-,18-/m0/s1. The second kappa shape index (κ2) is 9.03. The van der Waals surface area contributed by atoms with E-state index in [1.165, 1.54) is 0 Å². The molecule has 0 aliphatic rings. The minimum Gasteiger partial charge on any atom is -0.497 e. The van der Waals surface area contributed by atoms with Crippen LogP contribution in [0.2, 0.25) is 0 Å². The van der Waals surface area contributed by atoms with Gasteiger partial charge in [0.2, 0.25) is 0 Å². The number of rotatable bonds is 8. The fourth-order valence-corrected chi connectivity index (χ4v) is 2.51. The highest BCUT2D eigenvalue weighted by Gasteiger charge is 2.20. The van der Waals surface area contributed by atoms with E-state index in [1.54, 1.807) is 20.2 Å². The van der Waals surface area contributed by atoms with Crippen LogP contribution < -0.4 is 10.1 Å². The number of carbonyl (C=O) groups excluding carboxylic acids is 1. The average molecular weight is 328 g/mol. The number of hydrogen-bond donors (Lipinski definition) is 1. The molecule has 0 aliphatic carbocycles. The fourth-order valence-electron chi connectivity index (χ4n) is 2.51. The van der Waals surface area contributed by atoms with Gasteiger partial charge in [0.05, 0.1) is 31.9 Å².